The summed E-state index contributed by atoms with van der Waals surface area (Å²) in [6, 6.07) is 4.85. The first-order chi connectivity index (χ1) is 9.04. The predicted octanol–water partition coefficient (Wildman–Crippen LogP) is 4.57. The van der Waals surface area contributed by atoms with Gasteiger partial charge in [0.05, 0.1) is 0 Å². The van der Waals surface area contributed by atoms with Gasteiger partial charge in [-0.1, -0.05) is 39.7 Å². The molecule has 0 aromatic carbocycles. The maximum absolute atomic E-state index is 4.61. The van der Waals surface area contributed by atoms with E-state index in [1.165, 1.54) is 36.9 Å². The third kappa shape index (κ3) is 5.73. The van der Waals surface area contributed by atoms with E-state index in [0.717, 1.165) is 18.2 Å². The summed E-state index contributed by atoms with van der Waals surface area (Å²) in [4.78, 5) is 4.61. The van der Waals surface area contributed by atoms with Crippen LogP contribution in [0.25, 0.3) is 0 Å². The smallest absolute Gasteiger partial charge is 0.0423 e. The molecule has 1 aromatic heterocycles. The van der Waals surface area contributed by atoms with Gasteiger partial charge >= 0.3 is 0 Å². The Hall–Kier alpha value is -0.890. The van der Waals surface area contributed by atoms with Crippen LogP contribution in [0.4, 0.5) is 0 Å². The third-order valence-corrected chi connectivity index (χ3v) is 3.56. The molecule has 2 heteroatoms. The molecule has 0 bridgehead atoms. The second kappa shape index (κ2) is 8.31. The van der Waals surface area contributed by atoms with E-state index in [9.17, 15) is 0 Å². The van der Waals surface area contributed by atoms with Crippen molar-refractivity contribution < 1.29 is 0 Å². The fraction of sp³-hybridized carbons (Fsp3) is 0.706. The number of hydrogen-bond donors (Lipinski definition) is 1. The molecule has 2 nitrogen and oxygen atoms in total. The van der Waals surface area contributed by atoms with Crippen molar-refractivity contribution >= 4 is 0 Å². The number of pyridine rings is 1. The fourth-order valence-corrected chi connectivity index (χ4v) is 2.48. The molecule has 1 heterocycles. The molecule has 0 amide bonds. The molecule has 1 aromatic rings. The van der Waals surface area contributed by atoms with Gasteiger partial charge < -0.3 is 5.32 Å². The van der Waals surface area contributed by atoms with Crippen LogP contribution in [-0.4, -0.2) is 11.5 Å². The molecule has 1 N–H and O–H groups in total. The lowest BCUT2D eigenvalue weighted by atomic mass is 9.97. The van der Waals surface area contributed by atoms with Crippen LogP contribution >= 0.6 is 0 Å². The Morgan fingerprint density at radius 2 is 1.89 bits per heavy atom. The predicted molar refractivity (Wildman–Crippen MR) is 83.4 cm³/mol. The van der Waals surface area contributed by atoms with E-state index in [4.69, 9.17) is 0 Å². The number of nitrogens with zero attached hydrogens (tertiary/aromatic N) is 1. The summed E-state index contributed by atoms with van der Waals surface area (Å²) in [5.74, 6) is 0.795. The van der Waals surface area contributed by atoms with Crippen molar-refractivity contribution in [3.63, 3.8) is 0 Å². The van der Waals surface area contributed by atoms with E-state index in [2.05, 4.69) is 57.1 Å². The average molecular weight is 262 g/mol. The molecule has 0 aliphatic carbocycles. The number of nitrogens with one attached hydrogen (secondary N) is 1. The summed E-state index contributed by atoms with van der Waals surface area (Å²) >= 11 is 0. The summed E-state index contributed by atoms with van der Waals surface area (Å²) in [6.07, 6.45) is 4.98. The molecule has 0 aliphatic heterocycles. The lowest BCUT2D eigenvalue weighted by Gasteiger charge is -2.21. The number of aromatic nitrogens is 1. The maximum atomic E-state index is 4.61. The van der Waals surface area contributed by atoms with Crippen molar-refractivity contribution in [1.82, 2.24) is 10.3 Å². The molecule has 1 unspecified atom stereocenters. The zero-order valence-corrected chi connectivity index (χ0v) is 13.3. The van der Waals surface area contributed by atoms with Gasteiger partial charge in [-0.15, -0.1) is 0 Å². The van der Waals surface area contributed by atoms with Gasteiger partial charge in [0, 0.05) is 17.4 Å². The second-order valence-corrected chi connectivity index (χ2v) is 5.96. The van der Waals surface area contributed by atoms with Crippen LogP contribution in [-0.2, 0) is 0 Å². The standard InChI is InChI=1S/C17H30N2/c1-6-12-18-17(9-7-8-13(2)3)16-11-10-14(4)19-15(16)5/h10-11,13,17-18H,6-9,12H2,1-5H3. The van der Waals surface area contributed by atoms with Crippen LogP contribution in [0.2, 0.25) is 0 Å². The quantitative estimate of drug-likeness (QED) is 0.742. The van der Waals surface area contributed by atoms with Gasteiger partial charge in [-0.3, -0.25) is 4.98 Å². The first-order valence-electron chi connectivity index (χ1n) is 7.72. The van der Waals surface area contributed by atoms with Crippen LogP contribution in [0.1, 0.15) is 69.4 Å². The Bertz CT molecular complexity index is 372. The van der Waals surface area contributed by atoms with E-state index in [1.54, 1.807) is 0 Å². The van der Waals surface area contributed by atoms with Gasteiger partial charge in [0.2, 0.25) is 0 Å². The molecule has 0 radical (unpaired) electrons. The molecular weight excluding hydrogens is 232 g/mol. The van der Waals surface area contributed by atoms with Crippen molar-refractivity contribution in [3.05, 3.63) is 29.1 Å². The minimum atomic E-state index is 0.465. The van der Waals surface area contributed by atoms with E-state index in [0.29, 0.717) is 6.04 Å². The molecule has 0 fully saturated rings. The van der Waals surface area contributed by atoms with Crippen molar-refractivity contribution in [3.8, 4) is 0 Å². The summed E-state index contributed by atoms with van der Waals surface area (Å²) in [7, 11) is 0. The van der Waals surface area contributed by atoms with Crippen LogP contribution in [0.3, 0.4) is 0 Å². The van der Waals surface area contributed by atoms with Crippen molar-refractivity contribution in [2.24, 2.45) is 5.92 Å². The topological polar surface area (TPSA) is 24.9 Å². The third-order valence-electron chi connectivity index (χ3n) is 3.56. The van der Waals surface area contributed by atoms with Crippen molar-refractivity contribution in [2.75, 3.05) is 6.54 Å². The van der Waals surface area contributed by atoms with E-state index >= 15 is 0 Å². The Balaban J connectivity index is 2.71. The molecule has 0 saturated carbocycles. The second-order valence-electron chi connectivity index (χ2n) is 5.96. The van der Waals surface area contributed by atoms with Gasteiger partial charge in [0.15, 0.2) is 0 Å². The molecule has 19 heavy (non-hydrogen) atoms. The summed E-state index contributed by atoms with van der Waals surface area (Å²) in [5, 5.41) is 3.68. The number of hydrogen-bond acceptors (Lipinski definition) is 2. The molecule has 1 atom stereocenters. The Morgan fingerprint density at radius 3 is 2.47 bits per heavy atom. The summed E-state index contributed by atoms with van der Waals surface area (Å²) in [5.41, 5.74) is 3.67. The van der Waals surface area contributed by atoms with Crippen LogP contribution in [0, 0.1) is 19.8 Å². The van der Waals surface area contributed by atoms with Crippen LogP contribution in [0.5, 0.6) is 0 Å². The summed E-state index contributed by atoms with van der Waals surface area (Å²) in [6.45, 7) is 12.1. The minimum Gasteiger partial charge on any atom is -0.310 e. The average Bonchev–Trinajstić information content (AvgIpc) is 2.34. The van der Waals surface area contributed by atoms with Gasteiger partial charge in [-0.2, -0.15) is 0 Å². The number of aryl methyl sites for hydroxylation is 2. The highest BCUT2D eigenvalue weighted by atomic mass is 14.9. The SMILES string of the molecule is CCCNC(CCCC(C)C)c1ccc(C)nc1C. The van der Waals surface area contributed by atoms with E-state index < -0.39 is 0 Å². The highest BCUT2D eigenvalue weighted by Gasteiger charge is 2.13. The largest absolute Gasteiger partial charge is 0.310 e. The molecular formula is C17H30N2. The lowest BCUT2D eigenvalue weighted by Crippen LogP contribution is -2.23. The fourth-order valence-electron chi connectivity index (χ4n) is 2.48. The van der Waals surface area contributed by atoms with Crippen LogP contribution < -0.4 is 5.32 Å². The Kier molecular flexibility index (Phi) is 7.07. The highest BCUT2D eigenvalue weighted by molar-refractivity contribution is 5.25. The van der Waals surface area contributed by atoms with Gasteiger partial charge in [-0.25, -0.2) is 0 Å². The number of rotatable bonds is 8. The molecule has 1 rings (SSSR count). The van der Waals surface area contributed by atoms with Crippen molar-refractivity contribution in [1.29, 1.82) is 0 Å². The van der Waals surface area contributed by atoms with Gasteiger partial charge in [-0.05, 0) is 50.8 Å². The highest BCUT2D eigenvalue weighted by Crippen LogP contribution is 2.23. The lowest BCUT2D eigenvalue weighted by molar-refractivity contribution is 0.445. The van der Waals surface area contributed by atoms with Crippen molar-refractivity contribution in [2.45, 2.75) is 66.3 Å². The molecule has 108 valence electrons. The maximum Gasteiger partial charge on any atom is 0.0423 e. The first-order valence-corrected chi connectivity index (χ1v) is 7.72. The first kappa shape index (κ1) is 16.2. The Morgan fingerprint density at radius 1 is 1.16 bits per heavy atom. The zero-order chi connectivity index (χ0) is 14.3. The minimum absolute atomic E-state index is 0.465. The normalized spacial score (nSPS) is 12.9. The molecule has 0 saturated heterocycles. The zero-order valence-electron chi connectivity index (χ0n) is 13.3. The summed E-state index contributed by atoms with van der Waals surface area (Å²) < 4.78 is 0. The molecule has 0 spiro atoms. The van der Waals surface area contributed by atoms with E-state index in [1.807, 2.05) is 0 Å². The van der Waals surface area contributed by atoms with E-state index in [-0.39, 0.29) is 0 Å². The van der Waals surface area contributed by atoms with Gasteiger partial charge in [0.25, 0.3) is 0 Å². The molecule has 0 aliphatic rings. The van der Waals surface area contributed by atoms with Gasteiger partial charge in [0.1, 0.15) is 0 Å². The Labute approximate surface area is 119 Å². The van der Waals surface area contributed by atoms with Crippen LogP contribution in [0.15, 0.2) is 12.1 Å². The monoisotopic (exact) mass is 262 g/mol.